The summed E-state index contributed by atoms with van der Waals surface area (Å²) in [5.41, 5.74) is 0.604. The first-order chi connectivity index (χ1) is 12.3. The number of anilines is 1. The molecule has 0 unspecified atom stereocenters. The van der Waals surface area contributed by atoms with E-state index in [2.05, 4.69) is 31.9 Å². The van der Waals surface area contributed by atoms with Gasteiger partial charge in [0.05, 0.1) is 19.4 Å². The summed E-state index contributed by atoms with van der Waals surface area (Å²) in [6.45, 7) is 5.65. The maximum atomic E-state index is 12.3. The molecular weight excluding hydrogens is 425 g/mol. The van der Waals surface area contributed by atoms with Crippen molar-refractivity contribution in [1.82, 2.24) is 10.6 Å². The number of urea groups is 1. The fourth-order valence-corrected chi connectivity index (χ4v) is 3.76. The zero-order valence-corrected chi connectivity index (χ0v) is 17.6. The molecule has 1 aromatic rings. The van der Waals surface area contributed by atoms with Gasteiger partial charge in [-0.05, 0) is 45.0 Å². The highest BCUT2D eigenvalue weighted by atomic mass is 79.9. The quantitative estimate of drug-likeness (QED) is 0.475. The highest BCUT2D eigenvalue weighted by Gasteiger charge is 2.24. The molecule has 1 atom stereocenters. The van der Waals surface area contributed by atoms with Crippen molar-refractivity contribution in [2.24, 2.45) is 0 Å². The van der Waals surface area contributed by atoms with Gasteiger partial charge in [-0.15, -0.1) is 0 Å². The number of carbonyl (C=O) groups excluding carboxylic acids is 2. The van der Waals surface area contributed by atoms with E-state index in [1.165, 1.54) is 0 Å². The van der Waals surface area contributed by atoms with E-state index in [0.717, 1.165) is 4.47 Å². The molecule has 0 aliphatic carbocycles. The summed E-state index contributed by atoms with van der Waals surface area (Å²) in [4.78, 5) is 24.0. The normalized spacial score (nSPS) is 12.3. The van der Waals surface area contributed by atoms with Crippen molar-refractivity contribution < 1.29 is 23.2 Å². The van der Waals surface area contributed by atoms with Crippen molar-refractivity contribution in [2.75, 3.05) is 31.2 Å². The molecule has 8 nitrogen and oxygen atoms in total. The summed E-state index contributed by atoms with van der Waals surface area (Å²) in [5.74, 6) is -0.393. The number of nitrogens with one attached hydrogen (secondary N) is 3. The molecule has 10 heteroatoms. The van der Waals surface area contributed by atoms with Crippen LogP contribution in [0.1, 0.15) is 20.8 Å². The van der Waals surface area contributed by atoms with E-state index in [4.69, 9.17) is 9.05 Å². The standard InChI is InChI=1S/C16H25BrN3O5P/c1-4-24-26(23,25-5-2)11-10-18-15(21)12(3)19-16(22)20-14-8-6-13(17)7-9-14/h6-9,12H,4-5,10-11H2,1-3H3,(H,18,21)(H2,19,20,22)/t12-/m0/s1. The van der Waals surface area contributed by atoms with Gasteiger partial charge in [0.1, 0.15) is 6.04 Å². The van der Waals surface area contributed by atoms with Gasteiger partial charge in [0, 0.05) is 16.7 Å². The van der Waals surface area contributed by atoms with Crippen LogP contribution in [0.25, 0.3) is 0 Å². The Morgan fingerprint density at radius 1 is 1.15 bits per heavy atom. The molecule has 0 aromatic heterocycles. The van der Waals surface area contributed by atoms with Crippen LogP contribution in [0.4, 0.5) is 10.5 Å². The molecule has 0 spiro atoms. The molecule has 1 rings (SSSR count). The molecule has 0 aliphatic heterocycles. The van der Waals surface area contributed by atoms with Gasteiger partial charge in [-0.25, -0.2) is 4.79 Å². The van der Waals surface area contributed by atoms with Crippen molar-refractivity contribution >= 4 is 41.2 Å². The molecule has 0 saturated carbocycles. The van der Waals surface area contributed by atoms with Gasteiger partial charge in [0.2, 0.25) is 5.91 Å². The van der Waals surface area contributed by atoms with Crippen molar-refractivity contribution in [2.45, 2.75) is 26.8 Å². The van der Waals surface area contributed by atoms with E-state index in [1.807, 2.05) is 0 Å². The molecule has 146 valence electrons. The van der Waals surface area contributed by atoms with Crippen LogP contribution in [0.15, 0.2) is 28.7 Å². The van der Waals surface area contributed by atoms with Gasteiger partial charge in [0.25, 0.3) is 0 Å². The monoisotopic (exact) mass is 449 g/mol. The SMILES string of the molecule is CCOP(=O)(CCNC(=O)[C@H](C)NC(=O)Nc1ccc(Br)cc1)OCC. The maximum Gasteiger partial charge on any atom is 0.332 e. The summed E-state index contributed by atoms with van der Waals surface area (Å²) in [6, 6.07) is 5.79. The number of rotatable bonds is 10. The third-order valence-electron chi connectivity index (χ3n) is 3.18. The maximum absolute atomic E-state index is 12.3. The molecule has 0 heterocycles. The van der Waals surface area contributed by atoms with Crippen molar-refractivity contribution in [3.05, 3.63) is 28.7 Å². The molecule has 3 N–H and O–H groups in total. The van der Waals surface area contributed by atoms with Crippen LogP contribution in [0.3, 0.4) is 0 Å². The van der Waals surface area contributed by atoms with E-state index < -0.39 is 25.6 Å². The summed E-state index contributed by atoms with van der Waals surface area (Å²) in [6.07, 6.45) is 0.0677. The van der Waals surface area contributed by atoms with Crippen molar-refractivity contribution in [3.63, 3.8) is 0 Å². The van der Waals surface area contributed by atoms with Crippen molar-refractivity contribution in [3.8, 4) is 0 Å². The number of halogens is 1. The summed E-state index contributed by atoms with van der Waals surface area (Å²) < 4.78 is 23.5. The van der Waals surface area contributed by atoms with Crippen LogP contribution >= 0.6 is 23.5 Å². The second-order valence-corrected chi connectivity index (χ2v) is 8.39. The van der Waals surface area contributed by atoms with Crippen LogP contribution in [0, 0.1) is 0 Å². The first-order valence-electron chi connectivity index (χ1n) is 8.28. The number of amides is 3. The summed E-state index contributed by atoms with van der Waals surface area (Å²) >= 11 is 3.31. The fourth-order valence-electron chi connectivity index (χ4n) is 1.99. The van der Waals surface area contributed by atoms with E-state index in [0.29, 0.717) is 5.69 Å². The molecule has 0 aliphatic rings. The summed E-state index contributed by atoms with van der Waals surface area (Å²) in [5, 5.41) is 7.78. The fraction of sp³-hybridized carbons (Fsp3) is 0.500. The minimum atomic E-state index is -3.20. The Balaban J connectivity index is 2.40. The second-order valence-electron chi connectivity index (χ2n) is 5.29. The molecule has 0 saturated heterocycles. The number of carbonyl (C=O) groups is 2. The Morgan fingerprint density at radius 2 is 1.73 bits per heavy atom. The highest BCUT2D eigenvalue weighted by molar-refractivity contribution is 9.10. The second kappa shape index (κ2) is 11.3. The Morgan fingerprint density at radius 3 is 2.27 bits per heavy atom. The van der Waals surface area contributed by atoms with Gasteiger partial charge < -0.3 is 25.0 Å². The van der Waals surface area contributed by atoms with Gasteiger partial charge in [-0.3, -0.25) is 9.36 Å². The number of hydrogen-bond donors (Lipinski definition) is 3. The molecule has 26 heavy (non-hydrogen) atoms. The Hall–Kier alpha value is -1.41. The molecule has 0 fully saturated rings. The lowest BCUT2D eigenvalue weighted by molar-refractivity contribution is -0.122. The van der Waals surface area contributed by atoms with E-state index >= 15 is 0 Å². The highest BCUT2D eigenvalue weighted by Crippen LogP contribution is 2.47. The van der Waals surface area contributed by atoms with Gasteiger partial charge in [-0.1, -0.05) is 15.9 Å². The molecule has 1 aromatic carbocycles. The third kappa shape index (κ3) is 8.31. The smallest absolute Gasteiger partial charge is 0.332 e. The van der Waals surface area contributed by atoms with Crippen LogP contribution in [0.5, 0.6) is 0 Å². The predicted octanol–water partition coefficient (Wildman–Crippen LogP) is 3.34. The third-order valence-corrected chi connectivity index (χ3v) is 5.78. The minimum Gasteiger partial charge on any atom is -0.354 e. The zero-order chi connectivity index (χ0) is 19.6. The van der Waals surface area contributed by atoms with Crippen LogP contribution in [0.2, 0.25) is 0 Å². The van der Waals surface area contributed by atoms with Gasteiger partial charge in [0.15, 0.2) is 0 Å². The number of benzene rings is 1. The van der Waals surface area contributed by atoms with Crippen molar-refractivity contribution in [1.29, 1.82) is 0 Å². The lowest BCUT2D eigenvalue weighted by Crippen LogP contribution is -2.46. The van der Waals surface area contributed by atoms with Crippen LogP contribution < -0.4 is 16.0 Å². The van der Waals surface area contributed by atoms with E-state index in [1.54, 1.807) is 45.0 Å². The average molecular weight is 450 g/mol. The predicted molar refractivity (Wildman–Crippen MR) is 104 cm³/mol. The number of hydrogen-bond acceptors (Lipinski definition) is 5. The molecule has 3 amide bonds. The lowest BCUT2D eigenvalue weighted by atomic mass is 10.3. The Labute approximate surface area is 162 Å². The van der Waals surface area contributed by atoms with E-state index in [-0.39, 0.29) is 25.9 Å². The largest absolute Gasteiger partial charge is 0.354 e. The van der Waals surface area contributed by atoms with Crippen LogP contribution in [-0.2, 0) is 18.4 Å². The molecular formula is C16H25BrN3O5P. The molecule has 0 bridgehead atoms. The van der Waals surface area contributed by atoms with E-state index in [9.17, 15) is 14.2 Å². The summed E-state index contributed by atoms with van der Waals surface area (Å²) in [7, 11) is -3.20. The Kier molecular flexibility index (Phi) is 9.87. The lowest BCUT2D eigenvalue weighted by Gasteiger charge is -2.18. The van der Waals surface area contributed by atoms with Gasteiger partial charge in [-0.2, -0.15) is 0 Å². The first kappa shape index (κ1) is 22.6. The average Bonchev–Trinajstić information content (AvgIpc) is 2.57. The zero-order valence-electron chi connectivity index (χ0n) is 15.1. The van der Waals surface area contributed by atoms with Gasteiger partial charge >= 0.3 is 13.6 Å². The minimum absolute atomic E-state index is 0.0677. The topological polar surface area (TPSA) is 106 Å². The first-order valence-corrected chi connectivity index (χ1v) is 10.8. The Bertz CT molecular complexity index is 631. The van der Waals surface area contributed by atoms with Crippen LogP contribution in [-0.4, -0.2) is 43.9 Å². The molecule has 0 radical (unpaired) electrons.